The average molecular weight is 291 g/mol. The van der Waals surface area contributed by atoms with E-state index in [0.29, 0.717) is 19.6 Å². The summed E-state index contributed by atoms with van der Waals surface area (Å²) in [7, 11) is 0. The van der Waals surface area contributed by atoms with Gasteiger partial charge in [0.25, 0.3) is 0 Å². The first-order valence-corrected chi connectivity index (χ1v) is 7.36. The molecule has 0 spiro atoms. The van der Waals surface area contributed by atoms with Gasteiger partial charge in [0, 0.05) is 6.54 Å². The van der Waals surface area contributed by atoms with Gasteiger partial charge in [0.15, 0.2) is 0 Å². The Kier molecular flexibility index (Phi) is 5.20. The van der Waals surface area contributed by atoms with Gasteiger partial charge in [-0.05, 0) is 37.0 Å². The number of ether oxygens (including phenoxy) is 1. The molecule has 0 radical (unpaired) electrons. The summed E-state index contributed by atoms with van der Waals surface area (Å²) in [6.45, 7) is 3.21. The lowest BCUT2D eigenvalue weighted by Crippen LogP contribution is -2.41. The van der Waals surface area contributed by atoms with E-state index in [1.807, 2.05) is 31.2 Å². The fourth-order valence-corrected chi connectivity index (χ4v) is 2.56. The smallest absolute Gasteiger partial charge is 0.326 e. The Hall–Kier alpha value is -2.04. The van der Waals surface area contributed by atoms with Crippen LogP contribution >= 0.6 is 0 Å². The minimum Gasteiger partial charge on any atom is -0.494 e. The van der Waals surface area contributed by atoms with Crippen LogP contribution in [-0.2, 0) is 16.0 Å². The number of carboxylic acid groups (broad SMARTS) is 1. The molecule has 0 bridgehead atoms. The highest BCUT2D eigenvalue weighted by molar-refractivity contribution is 5.85. The third kappa shape index (κ3) is 3.97. The van der Waals surface area contributed by atoms with Crippen LogP contribution in [0.1, 0.15) is 31.7 Å². The molecule has 0 saturated carbocycles. The molecular formula is C16H21NO4. The Morgan fingerprint density at radius 2 is 2.24 bits per heavy atom. The van der Waals surface area contributed by atoms with E-state index < -0.39 is 12.0 Å². The fraction of sp³-hybridized carbons (Fsp3) is 0.500. The predicted octanol–water partition coefficient (Wildman–Crippen LogP) is 2.09. The third-order valence-electron chi connectivity index (χ3n) is 3.58. The van der Waals surface area contributed by atoms with Gasteiger partial charge in [0.05, 0.1) is 13.0 Å². The highest BCUT2D eigenvalue weighted by Crippen LogP contribution is 2.20. The first-order valence-electron chi connectivity index (χ1n) is 7.36. The standard InChI is InChI=1S/C16H21NO4/c1-2-9-21-13-6-3-5-12(10-13)11-15(18)17-8-4-7-14(17)16(19)20/h3,5-6,10,14H,2,4,7-9,11H2,1H3,(H,19,20)/t14-/m0/s1. The molecule has 1 aromatic carbocycles. The van der Waals surface area contributed by atoms with E-state index >= 15 is 0 Å². The number of nitrogens with zero attached hydrogens (tertiary/aromatic N) is 1. The van der Waals surface area contributed by atoms with Crippen molar-refractivity contribution in [3.05, 3.63) is 29.8 Å². The summed E-state index contributed by atoms with van der Waals surface area (Å²) in [4.78, 5) is 24.9. The third-order valence-corrected chi connectivity index (χ3v) is 3.58. The Morgan fingerprint density at radius 3 is 2.95 bits per heavy atom. The molecule has 1 N–H and O–H groups in total. The van der Waals surface area contributed by atoms with Crippen molar-refractivity contribution in [1.29, 1.82) is 0 Å². The summed E-state index contributed by atoms with van der Waals surface area (Å²) in [5.41, 5.74) is 0.852. The van der Waals surface area contributed by atoms with Crippen LogP contribution < -0.4 is 4.74 Å². The second kappa shape index (κ2) is 7.11. The van der Waals surface area contributed by atoms with E-state index in [9.17, 15) is 9.59 Å². The summed E-state index contributed by atoms with van der Waals surface area (Å²) in [5.74, 6) is -0.299. The molecule has 0 aromatic heterocycles. The highest BCUT2D eigenvalue weighted by atomic mass is 16.5. The maximum absolute atomic E-state index is 12.3. The molecule has 1 aliphatic rings. The summed E-state index contributed by atoms with van der Waals surface area (Å²) < 4.78 is 5.54. The SMILES string of the molecule is CCCOc1cccc(CC(=O)N2CCC[C@H]2C(=O)O)c1. The van der Waals surface area contributed by atoms with Crippen LogP contribution in [0.4, 0.5) is 0 Å². The van der Waals surface area contributed by atoms with E-state index in [0.717, 1.165) is 24.2 Å². The number of benzene rings is 1. The van der Waals surface area contributed by atoms with Gasteiger partial charge in [-0.1, -0.05) is 19.1 Å². The van der Waals surface area contributed by atoms with Crippen LogP contribution in [0.25, 0.3) is 0 Å². The zero-order valence-corrected chi connectivity index (χ0v) is 12.2. The van der Waals surface area contributed by atoms with Gasteiger partial charge in [-0.2, -0.15) is 0 Å². The number of carbonyl (C=O) groups excluding carboxylic acids is 1. The number of carbonyl (C=O) groups is 2. The van der Waals surface area contributed by atoms with Gasteiger partial charge in [-0.15, -0.1) is 0 Å². The Labute approximate surface area is 124 Å². The number of likely N-dealkylation sites (tertiary alicyclic amines) is 1. The Morgan fingerprint density at radius 1 is 1.43 bits per heavy atom. The van der Waals surface area contributed by atoms with Crippen LogP contribution in [0.15, 0.2) is 24.3 Å². The number of hydrogen-bond donors (Lipinski definition) is 1. The Balaban J connectivity index is 2.00. The molecule has 0 aliphatic carbocycles. The molecule has 114 valence electrons. The minimum absolute atomic E-state index is 0.132. The summed E-state index contributed by atoms with van der Waals surface area (Å²) in [6.07, 6.45) is 2.44. The first-order chi connectivity index (χ1) is 10.1. The lowest BCUT2D eigenvalue weighted by Gasteiger charge is -2.21. The topological polar surface area (TPSA) is 66.8 Å². The average Bonchev–Trinajstić information content (AvgIpc) is 2.95. The zero-order valence-electron chi connectivity index (χ0n) is 12.2. The lowest BCUT2D eigenvalue weighted by molar-refractivity contribution is -0.148. The van der Waals surface area contributed by atoms with Gasteiger partial charge in [-0.25, -0.2) is 4.79 Å². The van der Waals surface area contributed by atoms with Crippen LogP contribution in [-0.4, -0.2) is 41.1 Å². The normalized spacial score (nSPS) is 17.8. The van der Waals surface area contributed by atoms with E-state index in [4.69, 9.17) is 9.84 Å². The molecule has 2 rings (SSSR count). The van der Waals surface area contributed by atoms with Crippen molar-refractivity contribution in [2.45, 2.75) is 38.6 Å². The molecule has 1 aliphatic heterocycles. The van der Waals surface area contributed by atoms with Crippen LogP contribution in [0.5, 0.6) is 5.75 Å². The van der Waals surface area contributed by atoms with E-state index in [1.54, 1.807) is 0 Å². The Bertz CT molecular complexity index is 515. The largest absolute Gasteiger partial charge is 0.494 e. The molecule has 1 saturated heterocycles. The molecule has 0 unspecified atom stereocenters. The second-order valence-electron chi connectivity index (χ2n) is 5.26. The molecular weight excluding hydrogens is 270 g/mol. The zero-order chi connectivity index (χ0) is 15.2. The maximum Gasteiger partial charge on any atom is 0.326 e. The van der Waals surface area contributed by atoms with Crippen molar-refractivity contribution in [3.8, 4) is 5.75 Å². The van der Waals surface area contributed by atoms with Gasteiger partial charge < -0.3 is 14.7 Å². The molecule has 5 nitrogen and oxygen atoms in total. The maximum atomic E-state index is 12.3. The summed E-state index contributed by atoms with van der Waals surface area (Å²) in [5, 5.41) is 9.13. The predicted molar refractivity (Wildman–Crippen MR) is 78.3 cm³/mol. The fourth-order valence-electron chi connectivity index (χ4n) is 2.56. The van der Waals surface area contributed by atoms with Crippen molar-refractivity contribution in [2.75, 3.05) is 13.2 Å². The summed E-state index contributed by atoms with van der Waals surface area (Å²) >= 11 is 0. The number of carboxylic acids is 1. The summed E-state index contributed by atoms with van der Waals surface area (Å²) in [6, 6.07) is 6.75. The van der Waals surface area contributed by atoms with Gasteiger partial charge >= 0.3 is 5.97 Å². The molecule has 21 heavy (non-hydrogen) atoms. The van der Waals surface area contributed by atoms with E-state index in [1.165, 1.54) is 4.90 Å². The quantitative estimate of drug-likeness (QED) is 0.871. The van der Waals surface area contributed by atoms with Crippen molar-refractivity contribution >= 4 is 11.9 Å². The van der Waals surface area contributed by atoms with Crippen molar-refractivity contribution < 1.29 is 19.4 Å². The second-order valence-corrected chi connectivity index (χ2v) is 5.26. The van der Waals surface area contributed by atoms with Crippen molar-refractivity contribution in [3.63, 3.8) is 0 Å². The highest BCUT2D eigenvalue weighted by Gasteiger charge is 2.33. The van der Waals surface area contributed by atoms with Crippen LogP contribution in [0.3, 0.4) is 0 Å². The number of rotatable bonds is 6. The van der Waals surface area contributed by atoms with E-state index in [-0.39, 0.29) is 12.3 Å². The van der Waals surface area contributed by atoms with Crippen LogP contribution in [0, 0.1) is 0 Å². The molecule has 1 fully saturated rings. The number of aliphatic carboxylic acids is 1. The number of amides is 1. The molecule has 1 atom stereocenters. The van der Waals surface area contributed by atoms with Gasteiger partial charge in [0.2, 0.25) is 5.91 Å². The van der Waals surface area contributed by atoms with E-state index in [2.05, 4.69) is 0 Å². The van der Waals surface area contributed by atoms with Crippen LogP contribution in [0.2, 0.25) is 0 Å². The molecule has 1 heterocycles. The molecule has 5 heteroatoms. The van der Waals surface area contributed by atoms with Crippen molar-refractivity contribution in [1.82, 2.24) is 4.90 Å². The van der Waals surface area contributed by atoms with Gasteiger partial charge in [-0.3, -0.25) is 4.79 Å². The van der Waals surface area contributed by atoms with Crippen molar-refractivity contribution in [2.24, 2.45) is 0 Å². The molecule has 1 aromatic rings. The van der Waals surface area contributed by atoms with Gasteiger partial charge in [0.1, 0.15) is 11.8 Å². The first kappa shape index (κ1) is 15.4. The number of hydrogen-bond acceptors (Lipinski definition) is 3. The molecule has 1 amide bonds. The lowest BCUT2D eigenvalue weighted by atomic mass is 10.1. The monoisotopic (exact) mass is 291 g/mol. The minimum atomic E-state index is -0.916.